The minimum absolute atomic E-state index is 0.587. The fourth-order valence-corrected chi connectivity index (χ4v) is 1.80. The van der Waals surface area contributed by atoms with Crippen LogP contribution < -0.4 is 10.6 Å². The molecule has 1 heterocycles. The third kappa shape index (κ3) is 3.28. The van der Waals surface area contributed by atoms with Gasteiger partial charge in [-0.2, -0.15) is 0 Å². The second-order valence-corrected chi connectivity index (χ2v) is 4.19. The van der Waals surface area contributed by atoms with Crippen LogP contribution in [0.15, 0.2) is 42.6 Å². The van der Waals surface area contributed by atoms with Crippen LogP contribution in [0.4, 0.5) is 5.95 Å². The van der Waals surface area contributed by atoms with E-state index in [1.165, 1.54) is 5.56 Å². The summed E-state index contributed by atoms with van der Waals surface area (Å²) in [6.07, 6.45) is 1.78. The Bertz CT molecular complexity index is 484. The van der Waals surface area contributed by atoms with Crippen molar-refractivity contribution in [3.8, 4) is 0 Å². The molecule has 0 fully saturated rings. The van der Waals surface area contributed by atoms with Crippen LogP contribution in [0.1, 0.15) is 11.3 Å². The van der Waals surface area contributed by atoms with Crippen LogP contribution in [-0.2, 0) is 6.54 Å². The van der Waals surface area contributed by atoms with E-state index in [0.717, 1.165) is 24.7 Å². The highest BCUT2D eigenvalue weighted by Gasteiger charge is 2.09. The third-order valence-corrected chi connectivity index (χ3v) is 2.68. The summed E-state index contributed by atoms with van der Waals surface area (Å²) in [5.41, 5.74) is 7.86. The molecule has 0 radical (unpaired) electrons. The smallest absolute Gasteiger partial charge is 0.225 e. The van der Waals surface area contributed by atoms with Crippen molar-refractivity contribution in [3.05, 3.63) is 53.9 Å². The van der Waals surface area contributed by atoms with Gasteiger partial charge in [-0.1, -0.05) is 30.3 Å². The molecule has 0 aliphatic carbocycles. The molecule has 2 rings (SSSR count). The van der Waals surface area contributed by atoms with Gasteiger partial charge in [-0.3, -0.25) is 0 Å². The molecule has 0 bridgehead atoms. The van der Waals surface area contributed by atoms with Gasteiger partial charge in [0.05, 0.1) is 0 Å². The van der Waals surface area contributed by atoms with Gasteiger partial charge in [0.25, 0.3) is 0 Å². The van der Waals surface area contributed by atoms with Crippen molar-refractivity contribution in [2.75, 3.05) is 18.0 Å². The molecule has 4 nitrogen and oxygen atoms in total. The molecule has 0 amide bonds. The number of rotatable bonds is 5. The van der Waals surface area contributed by atoms with Crippen molar-refractivity contribution in [2.24, 2.45) is 5.73 Å². The highest BCUT2D eigenvalue weighted by molar-refractivity contribution is 5.32. The Kier molecular flexibility index (Phi) is 4.25. The zero-order chi connectivity index (χ0) is 12.8. The molecular formula is C14H18N4. The highest BCUT2D eigenvalue weighted by atomic mass is 15.2. The molecule has 4 heteroatoms. The lowest BCUT2D eigenvalue weighted by Gasteiger charge is -2.22. The van der Waals surface area contributed by atoms with Gasteiger partial charge in [0.2, 0.25) is 5.95 Å². The number of nitrogens with two attached hydrogens (primary N) is 1. The number of nitrogens with zero attached hydrogens (tertiary/aromatic N) is 3. The van der Waals surface area contributed by atoms with Gasteiger partial charge in [0.1, 0.15) is 0 Å². The maximum Gasteiger partial charge on any atom is 0.225 e. The summed E-state index contributed by atoms with van der Waals surface area (Å²) in [5.74, 6) is 0.740. The van der Waals surface area contributed by atoms with Crippen LogP contribution in [0.2, 0.25) is 0 Å². The highest BCUT2D eigenvalue weighted by Crippen LogP contribution is 2.11. The maximum atomic E-state index is 5.66. The SMILES string of the molecule is Cc1ccnc(N(CCN)Cc2ccccc2)n1. The summed E-state index contributed by atoms with van der Waals surface area (Å²) in [5, 5.41) is 0. The van der Waals surface area contributed by atoms with E-state index in [2.05, 4.69) is 27.0 Å². The minimum Gasteiger partial charge on any atom is -0.335 e. The van der Waals surface area contributed by atoms with E-state index in [9.17, 15) is 0 Å². The standard InChI is InChI=1S/C14H18N4/c1-12-7-9-16-14(17-12)18(10-8-15)11-13-5-3-2-4-6-13/h2-7,9H,8,10-11,15H2,1H3. The Morgan fingerprint density at radius 2 is 1.94 bits per heavy atom. The molecule has 18 heavy (non-hydrogen) atoms. The predicted molar refractivity (Wildman–Crippen MR) is 73.3 cm³/mol. The summed E-state index contributed by atoms with van der Waals surface area (Å²) < 4.78 is 0. The first kappa shape index (κ1) is 12.5. The number of benzene rings is 1. The molecule has 1 aromatic carbocycles. The Morgan fingerprint density at radius 3 is 2.61 bits per heavy atom. The first-order chi connectivity index (χ1) is 8.79. The molecule has 0 atom stereocenters. The van der Waals surface area contributed by atoms with Crippen molar-refractivity contribution in [1.29, 1.82) is 0 Å². The number of hydrogen-bond donors (Lipinski definition) is 1. The van der Waals surface area contributed by atoms with Crippen molar-refractivity contribution in [2.45, 2.75) is 13.5 Å². The Balaban J connectivity index is 2.18. The predicted octanol–water partition coefficient (Wildman–Crippen LogP) is 1.75. The van der Waals surface area contributed by atoms with E-state index in [4.69, 9.17) is 5.73 Å². The van der Waals surface area contributed by atoms with E-state index < -0.39 is 0 Å². The molecule has 0 spiro atoms. The summed E-state index contributed by atoms with van der Waals surface area (Å²) >= 11 is 0. The van der Waals surface area contributed by atoms with Crippen LogP contribution in [0, 0.1) is 6.92 Å². The lowest BCUT2D eigenvalue weighted by molar-refractivity contribution is 0.755. The summed E-state index contributed by atoms with van der Waals surface area (Å²) in [4.78, 5) is 10.9. The normalized spacial score (nSPS) is 10.3. The molecular weight excluding hydrogens is 224 g/mol. The Morgan fingerprint density at radius 1 is 1.17 bits per heavy atom. The van der Waals surface area contributed by atoms with Crippen molar-refractivity contribution in [1.82, 2.24) is 9.97 Å². The van der Waals surface area contributed by atoms with Crippen molar-refractivity contribution < 1.29 is 0 Å². The van der Waals surface area contributed by atoms with Crippen molar-refractivity contribution in [3.63, 3.8) is 0 Å². The van der Waals surface area contributed by atoms with Gasteiger partial charge in [-0.05, 0) is 18.6 Å². The van der Waals surface area contributed by atoms with E-state index >= 15 is 0 Å². The first-order valence-electron chi connectivity index (χ1n) is 6.08. The molecule has 0 saturated heterocycles. The molecule has 94 valence electrons. The van der Waals surface area contributed by atoms with E-state index in [1.54, 1.807) is 6.20 Å². The number of hydrogen-bond acceptors (Lipinski definition) is 4. The molecule has 2 aromatic rings. The summed E-state index contributed by atoms with van der Waals surface area (Å²) in [6, 6.07) is 12.2. The summed E-state index contributed by atoms with van der Waals surface area (Å²) in [7, 11) is 0. The van der Waals surface area contributed by atoms with Crippen LogP contribution in [0.25, 0.3) is 0 Å². The number of anilines is 1. The quantitative estimate of drug-likeness (QED) is 0.868. The first-order valence-corrected chi connectivity index (χ1v) is 6.08. The van der Waals surface area contributed by atoms with E-state index in [-0.39, 0.29) is 0 Å². The second kappa shape index (κ2) is 6.12. The average molecular weight is 242 g/mol. The maximum absolute atomic E-state index is 5.66. The lowest BCUT2D eigenvalue weighted by atomic mass is 10.2. The minimum atomic E-state index is 0.587. The van der Waals surface area contributed by atoms with Crippen LogP contribution in [-0.4, -0.2) is 23.1 Å². The van der Waals surface area contributed by atoms with Gasteiger partial charge >= 0.3 is 0 Å². The van der Waals surface area contributed by atoms with Gasteiger partial charge in [0, 0.05) is 31.5 Å². The van der Waals surface area contributed by atoms with Gasteiger partial charge < -0.3 is 10.6 Å². The number of aryl methyl sites for hydroxylation is 1. The third-order valence-electron chi connectivity index (χ3n) is 2.68. The molecule has 1 aromatic heterocycles. The van der Waals surface area contributed by atoms with Gasteiger partial charge in [-0.15, -0.1) is 0 Å². The Hall–Kier alpha value is -1.94. The fraction of sp³-hybridized carbons (Fsp3) is 0.286. The molecule has 2 N–H and O–H groups in total. The van der Waals surface area contributed by atoms with E-state index in [0.29, 0.717) is 6.54 Å². The van der Waals surface area contributed by atoms with Gasteiger partial charge in [-0.25, -0.2) is 9.97 Å². The van der Waals surface area contributed by atoms with Crippen molar-refractivity contribution >= 4 is 5.95 Å². The monoisotopic (exact) mass is 242 g/mol. The molecule has 0 saturated carbocycles. The molecule has 0 unspecified atom stereocenters. The zero-order valence-electron chi connectivity index (χ0n) is 10.6. The zero-order valence-corrected chi connectivity index (χ0v) is 10.6. The molecule has 0 aliphatic rings. The van der Waals surface area contributed by atoms with Gasteiger partial charge in [0.15, 0.2) is 0 Å². The van der Waals surface area contributed by atoms with E-state index in [1.807, 2.05) is 31.2 Å². The van der Waals surface area contributed by atoms with Crippen LogP contribution in [0.5, 0.6) is 0 Å². The van der Waals surface area contributed by atoms with Crippen LogP contribution >= 0.6 is 0 Å². The molecule has 0 aliphatic heterocycles. The summed E-state index contributed by atoms with van der Waals surface area (Å²) in [6.45, 7) is 4.08. The topological polar surface area (TPSA) is 55.0 Å². The average Bonchev–Trinajstić information content (AvgIpc) is 2.39. The Labute approximate surface area is 107 Å². The number of aromatic nitrogens is 2. The fourth-order valence-electron chi connectivity index (χ4n) is 1.80. The lowest BCUT2D eigenvalue weighted by Crippen LogP contribution is -2.30. The second-order valence-electron chi connectivity index (χ2n) is 4.19. The van der Waals surface area contributed by atoms with Crippen LogP contribution in [0.3, 0.4) is 0 Å². The largest absolute Gasteiger partial charge is 0.335 e.